The first kappa shape index (κ1) is 16.3. The van der Waals surface area contributed by atoms with Crippen LogP contribution in [0, 0.1) is 0 Å². The monoisotopic (exact) mass is 311 g/mol. The van der Waals surface area contributed by atoms with Crippen molar-refractivity contribution in [3.63, 3.8) is 0 Å². The molecule has 0 heterocycles. The zero-order valence-electron chi connectivity index (χ0n) is 12.9. The maximum atomic E-state index is 12.1. The third kappa shape index (κ3) is 4.20. The predicted octanol–water partition coefficient (Wildman–Crippen LogP) is 3.29. The largest absolute Gasteiger partial charge is 0.497 e. The zero-order valence-corrected chi connectivity index (χ0v) is 12.9. The SMILES string of the molecule is COC(=O)c1ccccc1NC=CC(=O)c1ccc(OC)cc1. The van der Waals surface area contributed by atoms with Crippen LogP contribution in [-0.2, 0) is 4.74 Å². The first-order valence-electron chi connectivity index (χ1n) is 6.94. The molecule has 0 aliphatic heterocycles. The van der Waals surface area contributed by atoms with Gasteiger partial charge < -0.3 is 14.8 Å². The fraction of sp³-hybridized carbons (Fsp3) is 0.111. The number of allylic oxidation sites excluding steroid dienone is 1. The van der Waals surface area contributed by atoms with E-state index in [1.54, 1.807) is 55.6 Å². The van der Waals surface area contributed by atoms with Crippen LogP contribution >= 0.6 is 0 Å². The number of nitrogens with one attached hydrogen (secondary N) is 1. The molecule has 0 spiro atoms. The highest BCUT2D eigenvalue weighted by atomic mass is 16.5. The van der Waals surface area contributed by atoms with Gasteiger partial charge in [-0.15, -0.1) is 0 Å². The van der Waals surface area contributed by atoms with Gasteiger partial charge in [-0.2, -0.15) is 0 Å². The fourth-order valence-corrected chi connectivity index (χ4v) is 1.96. The van der Waals surface area contributed by atoms with Crippen LogP contribution in [0.2, 0.25) is 0 Å². The van der Waals surface area contributed by atoms with E-state index in [0.29, 0.717) is 22.6 Å². The Bertz CT molecular complexity index is 720. The minimum atomic E-state index is -0.442. The highest BCUT2D eigenvalue weighted by Gasteiger charge is 2.09. The van der Waals surface area contributed by atoms with Crippen molar-refractivity contribution in [3.8, 4) is 5.75 Å². The first-order chi connectivity index (χ1) is 11.2. The van der Waals surface area contributed by atoms with E-state index in [4.69, 9.17) is 9.47 Å². The van der Waals surface area contributed by atoms with Gasteiger partial charge in [-0.1, -0.05) is 12.1 Å². The molecule has 0 unspecified atom stereocenters. The van der Waals surface area contributed by atoms with Crippen molar-refractivity contribution < 1.29 is 19.1 Å². The molecule has 2 rings (SSSR count). The van der Waals surface area contributed by atoms with Crippen LogP contribution in [-0.4, -0.2) is 26.0 Å². The Morgan fingerprint density at radius 2 is 1.70 bits per heavy atom. The van der Waals surface area contributed by atoms with Gasteiger partial charge in [-0.3, -0.25) is 4.79 Å². The molecule has 2 aromatic carbocycles. The summed E-state index contributed by atoms with van der Waals surface area (Å²) in [4.78, 5) is 23.7. The second kappa shape index (κ2) is 7.79. The van der Waals surface area contributed by atoms with Crippen LogP contribution in [0.3, 0.4) is 0 Å². The van der Waals surface area contributed by atoms with Gasteiger partial charge in [0.25, 0.3) is 0 Å². The van der Waals surface area contributed by atoms with E-state index >= 15 is 0 Å². The van der Waals surface area contributed by atoms with Crippen LogP contribution < -0.4 is 10.1 Å². The summed E-state index contributed by atoms with van der Waals surface area (Å²) < 4.78 is 9.76. The molecule has 5 heteroatoms. The first-order valence-corrected chi connectivity index (χ1v) is 6.94. The average molecular weight is 311 g/mol. The summed E-state index contributed by atoms with van der Waals surface area (Å²) in [5.74, 6) is 0.0920. The minimum Gasteiger partial charge on any atom is -0.497 e. The number of carbonyl (C=O) groups excluding carboxylic acids is 2. The van der Waals surface area contributed by atoms with Gasteiger partial charge in [0, 0.05) is 17.8 Å². The minimum absolute atomic E-state index is 0.157. The van der Waals surface area contributed by atoms with E-state index in [1.165, 1.54) is 19.4 Å². The number of rotatable bonds is 6. The number of carbonyl (C=O) groups is 2. The maximum absolute atomic E-state index is 12.1. The van der Waals surface area contributed by atoms with Gasteiger partial charge >= 0.3 is 5.97 Å². The standard InChI is InChI=1S/C18H17NO4/c1-22-14-9-7-13(8-10-14)17(20)11-12-19-16-6-4-3-5-15(16)18(21)23-2/h3-12,19H,1-2H3. The molecule has 2 aromatic rings. The lowest BCUT2D eigenvalue weighted by molar-refractivity contribution is 0.0601. The van der Waals surface area contributed by atoms with E-state index < -0.39 is 5.97 Å². The molecule has 0 atom stereocenters. The molecule has 1 N–H and O–H groups in total. The highest BCUT2D eigenvalue weighted by Crippen LogP contribution is 2.16. The van der Waals surface area contributed by atoms with Crippen molar-refractivity contribution in [2.24, 2.45) is 0 Å². The molecule has 0 aliphatic carbocycles. The summed E-state index contributed by atoms with van der Waals surface area (Å²) in [5.41, 5.74) is 1.51. The topological polar surface area (TPSA) is 64.6 Å². The Morgan fingerprint density at radius 3 is 2.35 bits per heavy atom. The maximum Gasteiger partial charge on any atom is 0.339 e. The lowest BCUT2D eigenvalue weighted by Crippen LogP contribution is -2.05. The van der Waals surface area contributed by atoms with Crippen LogP contribution in [0.15, 0.2) is 60.8 Å². The molecular formula is C18H17NO4. The van der Waals surface area contributed by atoms with Crippen LogP contribution in [0.4, 0.5) is 5.69 Å². The number of hydrogen-bond acceptors (Lipinski definition) is 5. The zero-order chi connectivity index (χ0) is 16.7. The normalized spacial score (nSPS) is 10.3. The van der Waals surface area contributed by atoms with Gasteiger partial charge in [0.2, 0.25) is 0 Å². The third-order valence-corrected chi connectivity index (χ3v) is 3.18. The van der Waals surface area contributed by atoms with Crippen molar-refractivity contribution in [2.45, 2.75) is 0 Å². The number of ketones is 1. The molecule has 5 nitrogen and oxygen atoms in total. The lowest BCUT2D eigenvalue weighted by Gasteiger charge is -2.06. The fourth-order valence-electron chi connectivity index (χ4n) is 1.96. The van der Waals surface area contributed by atoms with Crippen LogP contribution in [0.5, 0.6) is 5.75 Å². The molecule has 0 radical (unpaired) electrons. The Morgan fingerprint density at radius 1 is 1.00 bits per heavy atom. The van der Waals surface area contributed by atoms with Gasteiger partial charge in [-0.25, -0.2) is 4.79 Å². The second-order valence-electron chi connectivity index (χ2n) is 4.61. The summed E-state index contributed by atoms with van der Waals surface area (Å²) in [6, 6.07) is 13.7. The number of benzene rings is 2. The summed E-state index contributed by atoms with van der Waals surface area (Å²) in [6.45, 7) is 0. The number of methoxy groups -OCH3 is 2. The molecule has 0 saturated carbocycles. The van der Waals surface area contributed by atoms with E-state index in [0.717, 1.165) is 0 Å². The Labute approximate surface area is 134 Å². The van der Waals surface area contributed by atoms with Gasteiger partial charge in [0.15, 0.2) is 5.78 Å². The molecule has 0 fully saturated rings. The van der Waals surface area contributed by atoms with Gasteiger partial charge in [0.1, 0.15) is 5.75 Å². The molecule has 0 bridgehead atoms. The highest BCUT2D eigenvalue weighted by molar-refractivity contribution is 6.04. The van der Waals surface area contributed by atoms with E-state index in [-0.39, 0.29) is 5.78 Å². The molecular weight excluding hydrogens is 294 g/mol. The molecule has 0 saturated heterocycles. The molecule has 118 valence electrons. The smallest absolute Gasteiger partial charge is 0.339 e. The number of hydrogen-bond donors (Lipinski definition) is 1. The average Bonchev–Trinajstić information content (AvgIpc) is 2.61. The number of esters is 1. The van der Waals surface area contributed by atoms with Crippen molar-refractivity contribution in [2.75, 3.05) is 19.5 Å². The van der Waals surface area contributed by atoms with Crippen LogP contribution in [0.1, 0.15) is 20.7 Å². The summed E-state index contributed by atoms with van der Waals surface area (Å²) in [6.07, 6.45) is 2.89. The van der Waals surface area contributed by atoms with Gasteiger partial charge in [-0.05, 0) is 36.4 Å². The Kier molecular flexibility index (Phi) is 5.52. The third-order valence-electron chi connectivity index (χ3n) is 3.18. The van der Waals surface area contributed by atoms with E-state index in [1.807, 2.05) is 0 Å². The van der Waals surface area contributed by atoms with Crippen LogP contribution in [0.25, 0.3) is 0 Å². The molecule has 0 aliphatic rings. The summed E-state index contributed by atoms with van der Waals surface area (Å²) >= 11 is 0. The number of ether oxygens (including phenoxy) is 2. The number of para-hydroxylation sites is 1. The molecule has 0 amide bonds. The van der Waals surface area contributed by atoms with Crippen molar-refractivity contribution in [1.82, 2.24) is 0 Å². The Balaban J connectivity index is 2.06. The van der Waals surface area contributed by atoms with Gasteiger partial charge in [0.05, 0.1) is 25.5 Å². The predicted molar refractivity (Wildman–Crippen MR) is 87.9 cm³/mol. The van der Waals surface area contributed by atoms with E-state index in [2.05, 4.69) is 5.32 Å². The molecule has 0 aromatic heterocycles. The molecule has 23 heavy (non-hydrogen) atoms. The van der Waals surface area contributed by atoms with Crippen molar-refractivity contribution >= 4 is 17.4 Å². The second-order valence-corrected chi connectivity index (χ2v) is 4.61. The van der Waals surface area contributed by atoms with Crippen molar-refractivity contribution in [3.05, 3.63) is 71.9 Å². The summed E-state index contributed by atoms with van der Waals surface area (Å²) in [7, 11) is 2.89. The number of anilines is 1. The van der Waals surface area contributed by atoms with Crippen molar-refractivity contribution in [1.29, 1.82) is 0 Å². The summed E-state index contributed by atoms with van der Waals surface area (Å²) in [5, 5.41) is 2.92. The Hall–Kier alpha value is -3.08. The quantitative estimate of drug-likeness (QED) is 0.504. The lowest BCUT2D eigenvalue weighted by atomic mass is 10.1. The van der Waals surface area contributed by atoms with E-state index in [9.17, 15) is 9.59 Å².